The predicted octanol–water partition coefficient (Wildman–Crippen LogP) is -0.161. The zero-order valence-corrected chi connectivity index (χ0v) is 10.8. The molecule has 0 spiro atoms. The summed E-state index contributed by atoms with van der Waals surface area (Å²) in [5.41, 5.74) is 5.27. The van der Waals surface area contributed by atoms with Crippen molar-refractivity contribution in [3.05, 3.63) is 0 Å². The third-order valence-electron chi connectivity index (χ3n) is 2.72. The molecule has 1 aliphatic rings. The summed E-state index contributed by atoms with van der Waals surface area (Å²) >= 11 is 4.63. The number of aliphatic hydroxyl groups is 1. The lowest BCUT2D eigenvalue weighted by Gasteiger charge is -2.27. The monoisotopic (exact) mass is 266 g/mol. The fourth-order valence-electron chi connectivity index (χ4n) is 1.96. The zero-order chi connectivity index (χ0) is 12.2. The van der Waals surface area contributed by atoms with Crippen LogP contribution in [0.15, 0.2) is 0 Å². The Morgan fingerprint density at radius 3 is 2.69 bits per heavy atom. The molecule has 1 aliphatic heterocycles. The van der Waals surface area contributed by atoms with Gasteiger partial charge in [-0.15, -0.1) is 0 Å². The van der Waals surface area contributed by atoms with Gasteiger partial charge in [0, 0.05) is 12.6 Å². The van der Waals surface area contributed by atoms with Crippen LogP contribution in [-0.4, -0.2) is 47.8 Å². The van der Waals surface area contributed by atoms with Crippen molar-refractivity contribution in [3.63, 3.8) is 0 Å². The Morgan fingerprint density at radius 2 is 2.12 bits per heavy atom. The van der Waals surface area contributed by atoms with Gasteiger partial charge in [0.2, 0.25) is 10.0 Å². The summed E-state index contributed by atoms with van der Waals surface area (Å²) in [6.45, 7) is 0.312. The molecule has 0 aromatic carbocycles. The molecule has 1 heterocycles. The molecule has 0 bridgehead atoms. The molecule has 1 atom stereocenters. The van der Waals surface area contributed by atoms with E-state index in [2.05, 4.69) is 12.2 Å². The second-order valence-corrected chi connectivity index (χ2v) is 6.46. The molecule has 7 heteroatoms. The van der Waals surface area contributed by atoms with Crippen molar-refractivity contribution in [3.8, 4) is 0 Å². The largest absolute Gasteiger partial charge is 0.395 e. The standard InChI is InChI=1S/C9H18N2O3S2/c10-9(15)7-16(13,14)11-5-3-1-2-4-8(11)6-12/h8,12H,1-7H2,(H2,10,15). The van der Waals surface area contributed by atoms with Crippen LogP contribution in [0.2, 0.25) is 0 Å². The Balaban J connectivity index is 2.84. The molecule has 5 nitrogen and oxygen atoms in total. The van der Waals surface area contributed by atoms with Gasteiger partial charge in [0.15, 0.2) is 0 Å². The Morgan fingerprint density at radius 1 is 1.44 bits per heavy atom. The van der Waals surface area contributed by atoms with E-state index in [1.807, 2.05) is 0 Å². The molecule has 94 valence electrons. The minimum Gasteiger partial charge on any atom is -0.395 e. The fraction of sp³-hybridized carbons (Fsp3) is 0.889. The zero-order valence-electron chi connectivity index (χ0n) is 9.13. The number of hydrogen-bond donors (Lipinski definition) is 2. The van der Waals surface area contributed by atoms with Crippen molar-refractivity contribution < 1.29 is 13.5 Å². The van der Waals surface area contributed by atoms with E-state index in [1.165, 1.54) is 4.31 Å². The molecular formula is C9H18N2O3S2. The minimum atomic E-state index is -3.46. The van der Waals surface area contributed by atoms with Crippen LogP contribution in [0.1, 0.15) is 25.7 Å². The van der Waals surface area contributed by atoms with Gasteiger partial charge in [0.05, 0.1) is 11.6 Å². The molecule has 0 aliphatic carbocycles. The number of nitrogens with two attached hydrogens (primary N) is 1. The molecule has 0 aromatic heterocycles. The summed E-state index contributed by atoms with van der Waals surface area (Å²) in [6.07, 6.45) is 3.47. The first kappa shape index (κ1) is 13.8. The Labute approximate surface area is 102 Å². The Kier molecular flexibility index (Phi) is 5.10. The molecule has 0 saturated carbocycles. The van der Waals surface area contributed by atoms with E-state index in [4.69, 9.17) is 5.73 Å². The molecule has 1 fully saturated rings. The van der Waals surface area contributed by atoms with Crippen molar-refractivity contribution >= 4 is 27.2 Å². The third kappa shape index (κ3) is 3.65. The van der Waals surface area contributed by atoms with Gasteiger partial charge in [-0.2, -0.15) is 4.31 Å². The SMILES string of the molecule is NC(=S)CS(=O)(=O)N1CCCCCC1CO. The highest BCUT2D eigenvalue weighted by Crippen LogP contribution is 2.19. The van der Waals surface area contributed by atoms with Crippen molar-refractivity contribution in [2.75, 3.05) is 18.9 Å². The van der Waals surface area contributed by atoms with Crippen molar-refractivity contribution in [1.29, 1.82) is 0 Å². The number of thiocarbonyl (C=S) groups is 1. The average molecular weight is 266 g/mol. The van der Waals surface area contributed by atoms with Gasteiger partial charge in [-0.3, -0.25) is 0 Å². The van der Waals surface area contributed by atoms with Crippen molar-refractivity contribution in [2.45, 2.75) is 31.7 Å². The van der Waals surface area contributed by atoms with Crippen molar-refractivity contribution in [2.24, 2.45) is 5.73 Å². The molecule has 0 aromatic rings. The van der Waals surface area contributed by atoms with Crippen LogP contribution in [0, 0.1) is 0 Å². The van der Waals surface area contributed by atoms with Gasteiger partial charge in [-0.05, 0) is 12.8 Å². The number of rotatable bonds is 4. The van der Waals surface area contributed by atoms with Crippen LogP contribution >= 0.6 is 12.2 Å². The van der Waals surface area contributed by atoms with Gasteiger partial charge >= 0.3 is 0 Å². The molecule has 3 N–H and O–H groups in total. The van der Waals surface area contributed by atoms with E-state index < -0.39 is 10.0 Å². The molecule has 1 unspecified atom stereocenters. The van der Waals surface area contributed by atoms with E-state index in [0.717, 1.165) is 19.3 Å². The topological polar surface area (TPSA) is 83.6 Å². The molecule has 0 radical (unpaired) electrons. The predicted molar refractivity (Wildman–Crippen MR) is 66.6 cm³/mol. The first-order valence-electron chi connectivity index (χ1n) is 5.36. The van der Waals surface area contributed by atoms with Crippen LogP contribution < -0.4 is 5.73 Å². The first-order chi connectivity index (χ1) is 7.47. The van der Waals surface area contributed by atoms with E-state index in [-0.39, 0.29) is 23.4 Å². The highest BCUT2D eigenvalue weighted by Gasteiger charge is 2.30. The summed E-state index contributed by atoms with van der Waals surface area (Å²) in [7, 11) is -3.46. The number of hydrogen-bond acceptors (Lipinski definition) is 4. The summed E-state index contributed by atoms with van der Waals surface area (Å²) in [5, 5.41) is 9.21. The lowest BCUT2D eigenvalue weighted by molar-refractivity contribution is 0.187. The van der Waals surface area contributed by atoms with Crippen LogP contribution in [0.4, 0.5) is 0 Å². The van der Waals surface area contributed by atoms with E-state index in [0.29, 0.717) is 13.0 Å². The quantitative estimate of drug-likeness (QED) is 0.691. The summed E-state index contributed by atoms with van der Waals surface area (Å²) < 4.78 is 25.3. The number of nitrogens with zero attached hydrogens (tertiary/aromatic N) is 1. The van der Waals surface area contributed by atoms with Crippen LogP contribution in [0.3, 0.4) is 0 Å². The van der Waals surface area contributed by atoms with Crippen molar-refractivity contribution in [1.82, 2.24) is 4.31 Å². The summed E-state index contributed by atoms with van der Waals surface area (Å²) in [5.74, 6) is -0.307. The maximum atomic E-state index is 12.0. The van der Waals surface area contributed by atoms with Crippen LogP contribution in [-0.2, 0) is 10.0 Å². The van der Waals surface area contributed by atoms with Gasteiger partial charge in [-0.25, -0.2) is 8.42 Å². The normalized spacial score (nSPS) is 23.9. The molecular weight excluding hydrogens is 248 g/mol. The van der Waals surface area contributed by atoms with Gasteiger partial charge in [0.25, 0.3) is 0 Å². The summed E-state index contributed by atoms with van der Waals surface area (Å²) in [6, 6.07) is -0.318. The second-order valence-electron chi connectivity index (χ2n) is 4.02. The molecule has 1 saturated heterocycles. The maximum Gasteiger partial charge on any atom is 0.220 e. The van der Waals surface area contributed by atoms with Gasteiger partial charge < -0.3 is 10.8 Å². The molecule has 16 heavy (non-hydrogen) atoms. The lowest BCUT2D eigenvalue weighted by atomic mass is 10.1. The second kappa shape index (κ2) is 5.90. The highest BCUT2D eigenvalue weighted by molar-refractivity contribution is 7.92. The third-order valence-corrected chi connectivity index (χ3v) is 4.91. The highest BCUT2D eigenvalue weighted by atomic mass is 32.2. The van der Waals surface area contributed by atoms with Crippen LogP contribution in [0.25, 0.3) is 0 Å². The van der Waals surface area contributed by atoms with Gasteiger partial charge in [0.1, 0.15) is 5.75 Å². The number of sulfonamides is 1. The van der Waals surface area contributed by atoms with E-state index in [1.54, 1.807) is 0 Å². The Bertz CT molecular complexity index is 343. The maximum absolute atomic E-state index is 12.0. The van der Waals surface area contributed by atoms with E-state index >= 15 is 0 Å². The lowest BCUT2D eigenvalue weighted by Crippen LogP contribution is -2.45. The smallest absolute Gasteiger partial charge is 0.220 e. The number of aliphatic hydroxyl groups excluding tert-OH is 1. The van der Waals surface area contributed by atoms with Crippen LogP contribution in [0.5, 0.6) is 0 Å². The fourth-order valence-corrected chi connectivity index (χ4v) is 3.97. The molecule has 0 amide bonds. The average Bonchev–Trinajstić information content (AvgIpc) is 2.40. The van der Waals surface area contributed by atoms with Gasteiger partial charge in [-0.1, -0.05) is 25.1 Å². The van der Waals surface area contributed by atoms with E-state index in [9.17, 15) is 13.5 Å². The Hall–Kier alpha value is -0.240. The molecule has 1 rings (SSSR count). The summed E-state index contributed by atoms with van der Waals surface area (Å²) in [4.78, 5) is -0.0269. The first-order valence-corrected chi connectivity index (χ1v) is 7.38. The minimum absolute atomic E-state index is 0.0269.